The molecule has 1 atom stereocenters. The van der Waals surface area contributed by atoms with Crippen molar-refractivity contribution in [3.8, 4) is 5.75 Å². The number of para-hydroxylation sites is 1. The highest BCUT2D eigenvalue weighted by Gasteiger charge is 2.49. The summed E-state index contributed by atoms with van der Waals surface area (Å²) >= 11 is 5.88. The molecule has 2 aromatic rings. The summed E-state index contributed by atoms with van der Waals surface area (Å²) in [4.78, 5) is 38.7. The normalized spacial score (nSPS) is 19.4. The molecule has 26 heavy (non-hydrogen) atoms. The molecule has 1 aliphatic rings. The van der Waals surface area contributed by atoms with Gasteiger partial charge in [-0.3, -0.25) is 14.5 Å². The van der Waals surface area contributed by atoms with Crippen molar-refractivity contribution in [1.29, 1.82) is 0 Å². The van der Waals surface area contributed by atoms with E-state index in [0.717, 1.165) is 4.90 Å². The molecule has 3 amide bonds. The molecule has 0 aliphatic carbocycles. The summed E-state index contributed by atoms with van der Waals surface area (Å²) in [5, 5.41) is 3.19. The summed E-state index contributed by atoms with van der Waals surface area (Å²) < 4.78 is 5.17. The third kappa shape index (κ3) is 3.04. The lowest BCUT2D eigenvalue weighted by Crippen LogP contribution is -2.41. The van der Waals surface area contributed by atoms with Crippen LogP contribution in [-0.4, -0.2) is 36.3 Å². The molecule has 6 nitrogen and oxygen atoms in total. The van der Waals surface area contributed by atoms with Crippen LogP contribution < -0.4 is 10.1 Å². The molecular formula is C19H17ClN2O4. The number of ether oxygens (including phenoxy) is 1. The molecule has 7 heteroatoms. The first kappa shape index (κ1) is 17.9. The summed E-state index contributed by atoms with van der Waals surface area (Å²) in [7, 11) is 1.46. The molecule has 1 fully saturated rings. The van der Waals surface area contributed by atoms with E-state index in [0.29, 0.717) is 21.9 Å². The molecule has 1 aliphatic heterocycles. The third-order valence-corrected chi connectivity index (χ3v) is 4.66. The number of nitrogens with zero attached hydrogens (tertiary/aromatic N) is 1. The van der Waals surface area contributed by atoms with E-state index in [1.54, 1.807) is 55.5 Å². The molecule has 0 bridgehead atoms. The molecule has 1 heterocycles. The number of carbonyl (C=O) groups excluding carboxylic acids is 3. The zero-order chi connectivity index (χ0) is 18.9. The quantitative estimate of drug-likeness (QED) is 0.646. The van der Waals surface area contributed by atoms with Crippen LogP contribution in [0.1, 0.15) is 22.8 Å². The molecule has 2 aromatic carbocycles. The molecule has 0 spiro atoms. The Morgan fingerprint density at radius 1 is 1.15 bits per heavy atom. The van der Waals surface area contributed by atoms with Gasteiger partial charge < -0.3 is 10.1 Å². The van der Waals surface area contributed by atoms with Crippen LogP contribution in [-0.2, 0) is 10.3 Å². The summed E-state index contributed by atoms with van der Waals surface area (Å²) in [5.74, 6) is -0.482. The van der Waals surface area contributed by atoms with Crippen molar-refractivity contribution < 1.29 is 19.1 Å². The maximum absolute atomic E-state index is 12.9. The van der Waals surface area contributed by atoms with Gasteiger partial charge in [-0.25, -0.2) is 4.79 Å². The zero-order valence-corrected chi connectivity index (χ0v) is 15.0. The lowest BCUT2D eigenvalue weighted by molar-refractivity contribution is -0.130. The van der Waals surface area contributed by atoms with E-state index in [1.807, 2.05) is 0 Å². The zero-order valence-electron chi connectivity index (χ0n) is 14.3. The van der Waals surface area contributed by atoms with E-state index < -0.39 is 17.5 Å². The fraction of sp³-hybridized carbons (Fsp3) is 0.211. The van der Waals surface area contributed by atoms with Crippen LogP contribution in [0, 0.1) is 0 Å². The van der Waals surface area contributed by atoms with E-state index in [1.165, 1.54) is 7.11 Å². The minimum atomic E-state index is -1.25. The molecule has 0 saturated carbocycles. The van der Waals surface area contributed by atoms with Gasteiger partial charge in [0.2, 0.25) is 0 Å². The van der Waals surface area contributed by atoms with Crippen LogP contribution >= 0.6 is 11.6 Å². The minimum Gasteiger partial charge on any atom is -0.496 e. The number of carbonyl (C=O) groups is 3. The Hall–Kier alpha value is -2.86. The van der Waals surface area contributed by atoms with Gasteiger partial charge >= 0.3 is 6.03 Å². The van der Waals surface area contributed by atoms with Crippen molar-refractivity contribution in [3.63, 3.8) is 0 Å². The lowest BCUT2D eigenvalue weighted by Gasteiger charge is -2.22. The van der Waals surface area contributed by atoms with Gasteiger partial charge in [0.15, 0.2) is 5.78 Å². The van der Waals surface area contributed by atoms with Gasteiger partial charge in [-0.15, -0.1) is 0 Å². The van der Waals surface area contributed by atoms with E-state index in [-0.39, 0.29) is 12.3 Å². The fourth-order valence-electron chi connectivity index (χ4n) is 2.92. The van der Waals surface area contributed by atoms with Gasteiger partial charge in [0, 0.05) is 5.02 Å². The Morgan fingerprint density at radius 2 is 1.81 bits per heavy atom. The van der Waals surface area contributed by atoms with Gasteiger partial charge in [0.1, 0.15) is 11.3 Å². The van der Waals surface area contributed by atoms with Crippen LogP contribution in [0.25, 0.3) is 0 Å². The molecule has 134 valence electrons. The number of urea groups is 1. The van der Waals surface area contributed by atoms with E-state index >= 15 is 0 Å². The first-order chi connectivity index (χ1) is 12.4. The Labute approximate surface area is 155 Å². The number of ketones is 1. The van der Waals surface area contributed by atoms with Gasteiger partial charge in [-0.05, 0) is 36.8 Å². The average molecular weight is 373 g/mol. The maximum atomic E-state index is 12.9. The lowest BCUT2D eigenvalue weighted by atomic mass is 9.92. The first-order valence-corrected chi connectivity index (χ1v) is 8.31. The number of halogens is 1. The van der Waals surface area contributed by atoms with Crippen LogP contribution in [0.2, 0.25) is 5.02 Å². The Balaban J connectivity index is 1.85. The summed E-state index contributed by atoms with van der Waals surface area (Å²) in [6, 6.07) is 12.7. The molecular weight excluding hydrogens is 356 g/mol. The molecule has 1 saturated heterocycles. The van der Waals surface area contributed by atoms with Crippen LogP contribution in [0.15, 0.2) is 48.5 Å². The first-order valence-electron chi connectivity index (χ1n) is 7.93. The summed E-state index contributed by atoms with van der Waals surface area (Å²) in [6.45, 7) is 1.23. The number of amides is 3. The predicted molar refractivity (Wildman–Crippen MR) is 96.4 cm³/mol. The number of imide groups is 1. The minimum absolute atomic E-state index is 0.315. The molecule has 1 unspecified atom stereocenters. The largest absolute Gasteiger partial charge is 0.496 e. The van der Waals surface area contributed by atoms with E-state index in [4.69, 9.17) is 16.3 Å². The Morgan fingerprint density at radius 3 is 2.46 bits per heavy atom. The van der Waals surface area contributed by atoms with Crippen molar-refractivity contribution >= 4 is 29.3 Å². The number of benzene rings is 2. The van der Waals surface area contributed by atoms with E-state index in [2.05, 4.69) is 5.32 Å². The van der Waals surface area contributed by atoms with Crippen molar-refractivity contribution in [1.82, 2.24) is 10.2 Å². The van der Waals surface area contributed by atoms with Crippen molar-refractivity contribution in [2.75, 3.05) is 13.7 Å². The molecule has 0 radical (unpaired) electrons. The average Bonchev–Trinajstić information content (AvgIpc) is 2.86. The smallest absolute Gasteiger partial charge is 0.325 e. The molecule has 1 N–H and O–H groups in total. The number of rotatable bonds is 5. The number of methoxy groups -OCH3 is 1. The van der Waals surface area contributed by atoms with Crippen molar-refractivity contribution in [2.24, 2.45) is 0 Å². The van der Waals surface area contributed by atoms with E-state index in [9.17, 15) is 14.4 Å². The summed E-state index contributed by atoms with van der Waals surface area (Å²) in [5.41, 5.74) is -0.342. The van der Waals surface area contributed by atoms with Crippen LogP contribution in [0.4, 0.5) is 4.79 Å². The van der Waals surface area contributed by atoms with Crippen molar-refractivity contribution in [3.05, 3.63) is 64.7 Å². The maximum Gasteiger partial charge on any atom is 0.325 e. The Bertz CT molecular complexity index is 881. The van der Waals surface area contributed by atoms with Gasteiger partial charge in [-0.2, -0.15) is 0 Å². The predicted octanol–water partition coefficient (Wildman–Crippen LogP) is 3.00. The second-order valence-electron chi connectivity index (χ2n) is 6.08. The topological polar surface area (TPSA) is 75.7 Å². The standard InChI is InChI=1S/C19H17ClN2O4/c1-19(12-7-9-13(20)10-8-12)17(24)22(18(25)21-19)11-15(23)14-5-3-4-6-16(14)26-2/h3-10H,11H2,1-2H3,(H,21,25). The number of nitrogens with one attached hydrogen (secondary N) is 1. The molecule has 3 rings (SSSR count). The van der Waals surface area contributed by atoms with Crippen LogP contribution in [0.5, 0.6) is 5.75 Å². The second-order valence-corrected chi connectivity index (χ2v) is 6.51. The monoisotopic (exact) mass is 372 g/mol. The SMILES string of the molecule is COc1ccccc1C(=O)CN1C(=O)NC(C)(c2ccc(Cl)cc2)C1=O. The highest BCUT2D eigenvalue weighted by molar-refractivity contribution is 6.30. The fourth-order valence-corrected chi connectivity index (χ4v) is 3.05. The number of hydrogen-bond acceptors (Lipinski definition) is 4. The third-order valence-electron chi connectivity index (χ3n) is 4.41. The van der Waals surface area contributed by atoms with Gasteiger partial charge in [-0.1, -0.05) is 35.9 Å². The summed E-state index contributed by atoms with van der Waals surface area (Å²) in [6.07, 6.45) is 0. The molecule has 0 aromatic heterocycles. The Kier molecular flexibility index (Phi) is 4.70. The van der Waals surface area contributed by atoms with Crippen LogP contribution in [0.3, 0.4) is 0 Å². The highest BCUT2D eigenvalue weighted by atomic mass is 35.5. The van der Waals surface area contributed by atoms with Gasteiger partial charge in [0.05, 0.1) is 19.2 Å². The van der Waals surface area contributed by atoms with Crippen molar-refractivity contribution in [2.45, 2.75) is 12.5 Å². The van der Waals surface area contributed by atoms with Gasteiger partial charge in [0.25, 0.3) is 5.91 Å². The number of hydrogen-bond donors (Lipinski definition) is 1. The highest BCUT2D eigenvalue weighted by Crippen LogP contribution is 2.30. The second kappa shape index (κ2) is 6.80. The number of Topliss-reactive ketones (excluding diaryl/α,β-unsaturated/α-hetero) is 1.